The van der Waals surface area contributed by atoms with Crippen LogP contribution in [0.15, 0.2) is 41.8 Å². The van der Waals surface area contributed by atoms with Crippen molar-refractivity contribution >= 4 is 35.3 Å². The largest absolute Gasteiger partial charge is 0.493 e. The number of rotatable bonds is 6. The molecule has 5 nitrogen and oxygen atoms in total. The molecule has 31 heavy (non-hydrogen) atoms. The summed E-state index contributed by atoms with van der Waals surface area (Å²) < 4.78 is 11.6. The molecule has 1 amide bonds. The van der Waals surface area contributed by atoms with Gasteiger partial charge in [-0.05, 0) is 55.1 Å². The van der Waals surface area contributed by atoms with Crippen molar-refractivity contribution in [2.24, 2.45) is 0 Å². The van der Waals surface area contributed by atoms with Crippen molar-refractivity contribution in [3.05, 3.63) is 52.9 Å². The molecule has 5 rings (SSSR count). The van der Waals surface area contributed by atoms with E-state index in [9.17, 15) is 4.79 Å². The fraction of sp³-hybridized carbons (Fsp3) is 0.375. The van der Waals surface area contributed by atoms with Crippen LogP contribution in [-0.2, 0) is 6.54 Å². The molecule has 0 unspecified atom stereocenters. The molecule has 1 saturated heterocycles. The van der Waals surface area contributed by atoms with Gasteiger partial charge >= 0.3 is 0 Å². The molecule has 0 bridgehead atoms. The summed E-state index contributed by atoms with van der Waals surface area (Å²) in [6, 6.07) is 11.9. The molecule has 1 fully saturated rings. The van der Waals surface area contributed by atoms with Crippen molar-refractivity contribution in [2.75, 3.05) is 38.3 Å². The summed E-state index contributed by atoms with van der Waals surface area (Å²) in [4.78, 5) is 18.6. The summed E-state index contributed by atoms with van der Waals surface area (Å²) in [6.45, 7) is 4.43. The number of carbonyl (C=O) groups excluding carboxylic acids is 1. The molecule has 0 aromatic heterocycles. The second-order valence-corrected chi connectivity index (χ2v) is 8.83. The molecule has 0 spiro atoms. The van der Waals surface area contributed by atoms with Gasteiger partial charge in [-0.1, -0.05) is 18.6 Å². The molecule has 4 aliphatic rings. The minimum Gasteiger partial charge on any atom is -0.493 e. The zero-order valence-corrected chi connectivity index (χ0v) is 19.3. The maximum atomic E-state index is 13.1. The number of hydrogen-bond donors (Lipinski definition) is 0. The predicted octanol–water partition coefficient (Wildman–Crippen LogP) is 5.31. The third-order valence-electron chi connectivity index (χ3n) is 6.07. The Morgan fingerprint density at radius 3 is 2.71 bits per heavy atom. The van der Waals surface area contributed by atoms with Gasteiger partial charge in [-0.2, -0.15) is 0 Å². The Bertz CT molecular complexity index is 1030. The Morgan fingerprint density at radius 1 is 1.06 bits per heavy atom. The maximum absolute atomic E-state index is 13.1. The van der Waals surface area contributed by atoms with E-state index in [4.69, 9.17) is 9.47 Å². The smallest absolute Gasteiger partial charge is 0.259 e. The highest BCUT2D eigenvalue weighted by atomic mass is 35.5. The monoisotopic (exact) mass is 458 g/mol. The van der Waals surface area contributed by atoms with Gasteiger partial charge < -0.3 is 14.4 Å². The number of piperidine rings is 1. The van der Waals surface area contributed by atoms with Crippen LogP contribution in [0.25, 0.3) is 10.4 Å². The van der Waals surface area contributed by atoms with E-state index in [2.05, 4.69) is 16.3 Å². The number of benzene rings is 1. The van der Waals surface area contributed by atoms with Crippen LogP contribution in [0.5, 0.6) is 11.5 Å². The van der Waals surface area contributed by atoms with Crippen molar-refractivity contribution in [3.63, 3.8) is 0 Å². The average Bonchev–Trinajstić information content (AvgIpc) is 3.31. The molecule has 1 aromatic carbocycles. The molecule has 1 aliphatic carbocycles. The molecule has 0 saturated carbocycles. The predicted molar refractivity (Wildman–Crippen MR) is 127 cm³/mol. The highest BCUT2D eigenvalue weighted by Gasteiger charge is 2.33. The van der Waals surface area contributed by atoms with E-state index < -0.39 is 0 Å². The highest BCUT2D eigenvalue weighted by molar-refractivity contribution is 7.13. The highest BCUT2D eigenvalue weighted by Crippen LogP contribution is 2.42. The maximum Gasteiger partial charge on any atom is 0.259 e. The van der Waals surface area contributed by atoms with E-state index in [0.29, 0.717) is 24.7 Å². The average molecular weight is 459 g/mol. The summed E-state index contributed by atoms with van der Waals surface area (Å²) in [7, 11) is 1.65. The van der Waals surface area contributed by atoms with Gasteiger partial charge in [0, 0.05) is 34.3 Å². The first-order valence-electron chi connectivity index (χ1n) is 10.6. The quantitative estimate of drug-likeness (QED) is 0.502. The van der Waals surface area contributed by atoms with Crippen LogP contribution < -0.4 is 14.4 Å². The number of ether oxygens (including phenoxy) is 2. The van der Waals surface area contributed by atoms with Crippen LogP contribution in [0.3, 0.4) is 0 Å². The summed E-state index contributed by atoms with van der Waals surface area (Å²) >= 11 is 1.69. The Labute approximate surface area is 193 Å². The molecule has 1 aromatic rings. The number of anilines is 1. The van der Waals surface area contributed by atoms with E-state index >= 15 is 0 Å². The standard InChI is InChI=1S/C24H26N2O3S.ClH/c1-28-21-8-7-18(15-22(21)29-12-11-25-9-3-2-4-10-25)26-16-20-19(24(26)27)14-17-6-5-13-30-23(17)20;/h5-8,13-15H,2-4,9-12,16H2,1H3;1H. The number of nitrogens with zero attached hydrogens (tertiary/aromatic N) is 2. The molecule has 0 N–H and O–H groups in total. The fourth-order valence-corrected chi connectivity index (χ4v) is 5.34. The van der Waals surface area contributed by atoms with E-state index in [1.807, 2.05) is 35.2 Å². The third kappa shape index (κ3) is 4.25. The molecular weight excluding hydrogens is 432 g/mol. The van der Waals surface area contributed by atoms with Gasteiger partial charge in [0.25, 0.3) is 5.91 Å². The Kier molecular flexibility index (Phi) is 6.70. The topological polar surface area (TPSA) is 42.0 Å². The number of likely N-dealkylation sites (tertiary alicyclic amines) is 1. The van der Waals surface area contributed by atoms with Crippen LogP contribution in [0.2, 0.25) is 0 Å². The minimum atomic E-state index is 0. The van der Waals surface area contributed by atoms with Gasteiger partial charge in [0.1, 0.15) is 6.61 Å². The first-order chi connectivity index (χ1) is 14.7. The number of carbonyl (C=O) groups is 1. The summed E-state index contributed by atoms with van der Waals surface area (Å²) in [5.41, 5.74) is 3.94. The zero-order valence-electron chi connectivity index (χ0n) is 17.6. The zero-order chi connectivity index (χ0) is 20.5. The van der Waals surface area contributed by atoms with Crippen LogP contribution >= 0.6 is 23.7 Å². The Morgan fingerprint density at radius 2 is 1.90 bits per heavy atom. The lowest BCUT2D eigenvalue weighted by atomic mass is 10.1. The van der Waals surface area contributed by atoms with E-state index in [1.165, 1.54) is 24.1 Å². The summed E-state index contributed by atoms with van der Waals surface area (Å²) in [5.74, 6) is 1.44. The first kappa shape index (κ1) is 21.9. The van der Waals surface area contributed by atoms with Gasteiger partial charge in [-0.15, -0.1) is 23.7 Å². The van der Waals surface area contributed by atoms with Gasteiger partial charge in [0.05, 0.1) is 13.7 Å². The third-order valence-corrected chi connectivity index (χ3v) is 7.08. The second kappa shape index (κ2) is 9.47. The van der Waals surface area contributed by atoms with Crippen molar-refractivity contribution < 1.29 is 14.3 Å². The molecule has 3 aliphatic heterocycles. The molecule has 0 atom stereocenters. The summed E-state index contributed by atoms with van der Waals surface area (Å²) in [5, 5.41) is 2.07. The van der Waals surface area contributed by atoms with Crippen molar-refractivity contribution in [1.82, 2.24) is 4.90 Å². The molecular formula is C24H27ClN2O3S. The van der Waals surface area contributed by atoms with Crippen LogP contribution in [-0.4, -0.2) is 44.2 Å². The number of halogens is 1. The number of amides is 1. The van der Waals surface area contributed by atoms with Crippen molar-refractivity contribution in [2.45, 2.75) is 25.8 Å². The van der Waals surface area contributed by atoms with Crippen LogP contribution in [0.4, 0.5) is 5.69 Å². The van der Waals surface area contributed by atoms with Gasteiger partial charge in [0.2, 0.25) is 0 Å². The summed E-state index contributed by atoms with van der Waals surface area (Å²) in [6.07, 6.45) is 3.88. The second-order valence-electron chi connectivity index (χ2n) is 7.91. The van der Waals surface area contributed by atoms with E-state index in [-0.39, 0.29) is 18.3 Å². The molecule has 3 heterocycles. The van der Waals surface area contributed by atoms with Crippen LogP contribution in [0, 0.1) is 0 Å². The number of fused-ring (bicyclic) bond motifs is 3. The normalized spacial score (nSPS) is 16.3. The number of hydrogen-bond acceptors (Lipinski definition) is 5. The van der Waals surface area contributed by atoms with Gasteiger partial charge in [0.15, 0.2) is 11.5 Å². The fourth-order valence-electron chi connectivity index (χ4n) is 4.46. The lowest BCUT2D eigenvalue weighted by Crippen LogP contribution is -2.33. The Balaban J connectivity index is 0.00000231. The Hall–Kier alpha value is -2.28. The van der Waals surface area contributed by atoms with E-state index in [0.717, 1.165) is 42.0 Å². The van der Waals surface area contributed by atoms with Crippen LogP contribution in [0.1, 0.15) is 35.2 Å². The van der Waals surface area contributed by atoms with Crippen molar-refractivity contribution in [1.29, 1.82) is 0 Å². The minimum absolute atomic E-state index is 0. The van der Waals surface area contributed by atoms with Gasteiger partial charge in [-0.25, -0.2) is 0 Å². The number of methoxy groups -OCH3 is 1. The first-order valence-corrected chi connectivity index (χ1v) is 11.5. The SMILES string of the molecule is COc1ccc(N2Cc3c(cc4cccsc3-4)C2=O)cc1OCCN1CCCCC1.Cl. The molecule has 7 heteroatoms. The lowest BCUT2D eigenvalue weighted by molar-refractivity contribution is 0.0996. The van der Waals surface area contributed by atoms with Crippen molar-refractivity contribution in [3.8, 4) is 21.9 Å². The lowest BCUT2D eigenvalue weighted by Gasteiger charge is -2.26. The molecule has 164 valence electrons. The van der Waals surface area contributed by atoms with E-state index in [1.54, 1.807) is 18.4 Å². The van der Waals surface area contributed by atoms with Gasteiger partial charge in [-0.3, -0.25) is 9.69 Å². The molecule has 0 radical (unpaired) electrons.